The van der Waals surface area contributed by atoms with Gasteiger partial charge in [0.25, 0.3) is 0 Å². The van der Waals surface area contributed by atoms with E-state index < -0.39 is 6.10 Å². The lowest BCUT2D eigenvalue weighted by Gasteiger charge is -2.25. The van der Waals surface area contributed by atoms with E-state index in [0.717, 1.165) is 22.7 Å². The number of methoxy groups -OCH3 is 2. The Morgan fingerprint density at radius 2 is 2.00 bits per heavy atom. The van der Waals surface area contributed by atoms with Gasteiger partial charge in [-0.2, -0.15) is 0 Å². The minimum atomic E-state index is -0.554. The molecule has 0 bridgehead atoms. The summed E-state index contributed by atoms with van der Waals surface area (Å²) in [7, 11) is 5.14. The maximum atomic E-state index is 9.59. The Kier molecular flexibility index (Phi) is 5.25. The highest BCUT2D eigenvalue weighted by Crippen LogP contribution is 2.36. The maximum absolute atomic E-state index is 9.59. The number of rotatable bonds is 6. The fourth-order valence-corrected chi connectivity index (χ4v) is 1.93. The molecule has 1 aromatic rings. The van der Waals surface area contributed by atoms with Crippen LogP contribution in [0.4, 0.5) is 5.69 Å². The number of aliphatic hydroxyl groups is 1. The monoisotopic (exact) mass is 254 g/mol. The molecule has 1 atom stereocenters. The summed E-state index contributed by atoms with van der Waals surface area (Å²) in [6.07, 6.45) is -0.554. The molecule has 0 aliphatic rings. The predicted molar refractivity (Wildman–Crippen MR) is 72.6 cm³/mol. The van der Waals surface area contributed by atoms with Crippen molar-refractivity contribution in [2.75, 3.05) is 39.3 Å². The van der Waals surface area contributed by atoms with Crippen molar-refractivity contribution in [3.05, 3.63) is 17.7 Å². The van der Waals surface area contributed by atoms with Gasteiger partial charge in [0.15, 0.2) is 0 Å². The number of aliphatic hydroxyl groups excluding tert-OH is 1. The van der Waals surface area contributed by atoms with Gasteiger partial charge < -0.3 is 25.2 Å². The van der Waals surface area contributed by atoms with Crippen molar-refractivity contribution < 1.29 is 14.6 Å². The Hall–Kier alpha value is -1.46. The lowest BCUT2D eigenvalue weighted by molar-refractivity contribution is 0.189. The van der Waals surface area contributed by atoms with Crippen LogP contribution in [0.15, 0.2) is 12.1 Å². The molecule has 1 aromatic carbocycles. The zero-order valence-corrected chi connectivity index (χ0v) is 11.4. The van der Waals surface area contributed by atoms with Crippen molar-refractivity contribution in [1.29, 1.82) is 0 Å². The minimum absolute atomic E-state index is 0.238. The van der Waals surface area contributed by atoms with E-state index in [1.54, 1.807) is 14.2 Å². The third kappa shape index (κ3) is 3.05. The second-order valence-corrected chi connectivity index (χ2v) is 4.22. The number of hydrogen-bond donors (Lipinski definition) is 2. The van der Waals surface area contributed by atoms with E-state index in [9.17, 15) is 5.11 Å². The summed E-state index contributed by atoms with van der Waals surface area (Å²) in [4.78, 5) is 1.92. The minimum Gasteiger partial charge on any atom is -0.496 e. The van der Waals surface area contributed by atoms with Gasteiger partial charge in [-0.05, 0) is 19.1 Å². The molecule has 0 amide bonds. The first-order valence-corrected chi connectivity index (χ1v) is 5.86. The fourth-order valence-electron chi connectivity index (χ4n) is 1.93. The van der Waals surface area contributed by atoms with Crippen molar-refractivity contribution in [2.45, 2.75) is 13.0 Å². The fraction of sp³-hybridized carbons (Fsp3) is 0.538. The number of anilines is 1. The summed E-state index contributed by atoms with van der Waals surface area (Å²) in [5, 5.41) is 9.59. The smallest absolute Gasteiger partial charge is 0.148 e. The van der Waals surface area contributed by atoms with Crippen molar-refractivity contribution in [3.63, 3.8) is 0 Å². The van der Waals surface area contributed by atoms with Gasteiger partial charge in [-0.1, -0.05) is 0 Å². The van der Waals surface area contributed by atoms with Gasteiger partial charge in [0.2, 0.25) is 0 Å². The second-order valence-electron chi connectivity index (χ2n) is 4.22. The molecule has 0 saturated heterocycles. The van der Waals surface area contributed by atoms with Crippen molar-refractivity contribution in [3.8, 4) is 11.5 Å². The van der Waals surface area contributed by atoms with Crippen LogP contribution in [-0.4, -0.2) is 45.6 Å². The standard InChI is InChI=1S/C13H22N2O3/c1-9-12(17-3)6-5-11(13(9)18-4)15(2)8-10(16)7-14/h5-6,10,16H,7-8,14H2,1-4H3. The van der Waals surface area contributed by atoms with E-state index in [4.69, 9.17) is 15.2 Å². The van der Waals surface area contributed by atoms with Gasteiger partial charge >= 0.3 is 0 Å². The lowest BCUT2D eigenvalue weighted by atomic mass is 10.1. The van der Waals surface area contributed by atoms with E-state index in [-0.39, 0.29) is 6.54 Å². The van der Waals surface area contributed by atoms with Crippen molar-refractivity contribution in [1.82, 2.24) is 0 Å². The van der Waals surface area contributed by atoms with Gasteiger partial charge in [0, 0.05) is 25.7 Å². The number of hydrogen-bond acceptors (Lipinski definition) is 5. The molecule has 0 fully saturated rings. The summed E-state index contributed by atoms with van der Waals surface area (Å²) < 4.78 is 10.7. The summed E-state index contributed by atoms with van der Waals surface area (Å²) in [5.41, 5.74) is 7.26. The zero-order valence-electron chi connectivity index (χ0n) is 11.4. The third-order valence-electron chi connectivity index (χ3n) is 2.93. The molecule has 0 spiro atoms. The summed E-state index contributed by atoms with van der Waals surface area (Å²) in [5.74, 6) is 1.53. The molecule has 0 aliphatic carbocycles. The Bertz CT molecular complexity index is 396. The van der Waals surface area contributed by atoms with Crippen LogP contribution in [0.5, 0.6) is 11.5 Å². The number of likely N-dealkylation sites (N-methyl/N-ethyl adjacent to an activating group) is 1. The highest BCUT2D eigenvalue weighted by molar-refractivity contribution is 5.65. The van der Waals surface area contributed by atoms with Crippen LogP contribution >= 0.6 is 0 Å². The van der Waals surface area contributed by atoms with Gasteiger partial charge in [-0.15, -0.1) is 0 Å². The molecule has 0 heterocycles. The molecule has 0 aromatic heterocycles. The van der Waals surface area contributed by atoms with Crippen LogP contribution in [0, 0.1) is 6.92 Å². The van der Waals surface area contributed by atoms with Gasteiger partial charge in [-0.3, -0.25) is 0 Å². The number of nitrogens with two attached hydrogens (primary N) is 1. The molecule has 102 valence electrons. The molecule has 0 saturated carbocycles. The number of ether oxygens (including phenoxy) is 2. The molecule has 0 radical (unpaired) electrons. The van der Waals surface area contributed by atoms with Crippen LogP contribution in [0.2, 0.25) is 0 Å². The van der Waals surface area contributed by atoms with Crippen LogP contribution in [-0.2, 0) is 0 Å². The topological polar surface area (TPSA) is 68.0 Å². The van der Waals surface area contributed by atoms with E-state index in [1.807, 2.05) is 31.0 Å². The highest BCUT2D eigenvalue weighted by atomic mass is 16.5. The zero-order chi connectivity index (χ0) is 13.7. The van der Waals surface area contributed by atoms with E-state index in [1.165, 1.54) is 0 Å². The molecule has 3 N–H and O–H groups in total. The Balaban J connectivity index is 3.05. The van der Waals surface area contributed by atoms with Crippen LogP contribution < -0.4 is 20.1 Å². The largest absolute Gasteiger partial charge is 0.496 e. The summed E-state index contributed by atoms with van der Waals surface area (Å²) in [6.45, 7) is 2.63. The average Bonchev–Trinajstić information content (AvgIpc) is 2.37. The second kappa shape index (κ2) is 6.47. The molecular formula is C13H22N2O3. The molecule has 1 unspecified atom stereocenters. The Morgan fingerprint density at radius 3 is 2.50 bits per heavy atom. The average molecular weight is 254 g/mol. The first-order chi connectivity index (χ1) is 8.54. The number of benzene rings is 1. The van der Waals surface area contributed by atoms with Crippen molar-refractivity contribution >= 4 is 5.69 Å². The van der Waals surface area contributed by atoms with E-state index >= 15 is 0 Å². The SMILES string of the molecule is COc1ccc(N(C)CC(O)CN)c(OC)c1C. The van der Waals surface area contributed by atoms with Gasteiger partial charge in [0.05, 0.1) is 26.0 Å². The number of nitrogens with zero attached hydrogens (tertiary/aromatic N) is 1. The van der Waals surface area contributed by atoms with Gasteiger partial charge in [0.1, 0.15) is 11.5 Å². The highest BCUT2D eigenvalue weighted by Gasteiger charge is 2.16. The van der Waals surface area contributed by atoms with Crippen molar-refractivity contribution in [2.24, 2.45) is 5.73 Å². The maximum Gasteiger partial charge on any atom is 0.148 e. The molecule has 5 nitrogen and oxygen atoms in total. The van der Waals surface area contributed by atoms with Crippen LogP contribution in [0.3, 0.4) is 0 Å². The van der Waals surface area contributed by atoms with Gasteiger partial charge in [-0.25, -0.2) is 0 Å². The first-order valence-electron chi connectivity index (χ1n) is 5.86. The molecular weight excluding hydrogens is 232 g/mol. The Morgan fingerprint density at radius 1 is 1.33 bits per heavy atom. The molecule has 1 rings (SSSR count). The summed E-state index contributed by atoms with van der Waals surface area (Å²) in [6, 6.07) is 3.80. The molecule has 18 heavy (non-hydrogen) atoms. The Labute approximate surface area is 108 Å². The lowest BCUT2D eigenvalue weighted by Crippen LogP contribution is -2.34. The van der Waals surface area contributed by atoms with Crippen LogP contribution in [0.1, 0.15) is 5.56 Å². The van der Waals surface area contributed by atoms with Crippen LogP contribution in [0.25, 0.3) is 0 Å². The molecule has 0 aliphatic heterocycles. The molecule has 5 heteroatoms. The van der Waals surface area contributed by atoms with E-state index in [0.29, 0.717) is 6.54 Å². The summed E-state index contributed by atoms with van der Waals surface area (Å²) >= 11 is 0. The third-order valence-corrected chi connectivity index (χ3v) is 2.93. The van der Waals surface area contributed by atoms with E-state index in [2.05, 4.69) is 0 Å². The normalized spacial score (nSPS) is 12.1. The first kappa shape index (κ1) is 14.6. The quantitative estimate of drug-likeness (QED) is 0.785. The predicted octanol–water partition coefficient (Wildman–Crippen LogP) is 0.768.